The molecule has 0 spiro atoms. The molecule has 1 atom stereocenters. The Balaban J connectivity index is 2.44. The lowest BCUT2D eigenvalue weighted by molar-refractivity contribution is -0.143. The van der Waals surface area contributed by atoms with E-state index in [4.69, 9.17) is 4.74 Å². The first-order valence-corrected chi connectivity index (χ1v) is 7.37. The molecule has 22 heavy (non-hydrogen) atoms. The molecule has 0 amide bonds. The van der Waals surface area contributed by atoms with E-state index in [9.17, 15) is 9.59 Å². The highest BCUT2D eigenvalue weighted by Gasteiger charge is 2.31. The SMILES string of the molecule is CCOC(=O)C(C(=O)c1ccc(C)cc1)c1ccccc1C. The molecule has 0 fully saturated rings. The van der Waals surface area contributed by atoms with E-state index < -0.39 is 11.9 Å². The fourth-order valence-electron chi connectivity index (χ4n) is 2.40. The molecule has 0 bridgehead atoms. The minimum absolute atomic E-state index is 0.229. The third kappa shape index (κ3) is 3.42. The molecule has 0 aliphatic rings. The molecule has 114 valence electrons. The van der Waals surface area contributed by atoms with E-state index >= 15 is 0 Å². The number of carbonyl (C=O) groups is 2. The standard InChI is InChI=1S/C19H20O3/c1-4-22-19(21)17(16-8-6-5-7-14(16)3)18(20)15-11-9-13(2)10-12-15/h5-12,17H,4H2,1-3H3. The molecule has 3 heteroatoms. The second-order valence-corrected chi connectivity index (χ2v) is 5.27. The maximum Gasteiger partial charge on any atom is 0.321 e. The summed E-state index contributed by atoms with van der Waals surface area (Å²) in [6.07, 6.45) is 0. The maximum atomic E-state index is 12.8. The Morgan fingerprint density at radius 3 is 2.23 bits per heavy atom. The number of carbonyl (C=O) groups excluding carboxylic acids is 2. The van der Waals surface area contributed by atoms with Crippen molar-refractivity contribution in [2.24, 2.45) is 0 Å². The predicted octanol–water partition coefficient (Wildman–Crippen LogP) is 3.83. The summed E-state index contributed by atoms with van der Waals surface area (Å²) >= 11 is 0. The molecule has 3 nitrogen and oxygen atoms in total. The zero-order valence-electron chi connectivity index (χ0n) is 13.1. The first-order chi connectivity index (χ1) is 10.5. The summed E-state index contributed by atoms with van der Waals surface area (Å²) in [7, 11) is 0. The number of hydrogen-bond donors (Lipinski definition) is 0. The molecule has 0 saturated heterocycles. The van der Waals surface area contributed by atoms with Gasteiger partial charge in [-0.25, -0.2) is 0 Å². The van der Waals surface area contributed by atoms with Crippen LogP contribution in [0.2, 0.25) is 0 Å². The van der Waals surface area contributed by atoms with Crippen molar-refractivity contribution in [3.63, 3.8) is 0 Å². The topological polar surface area (TPSA) is 43.4 Å². The molecule has 0 radical (unpaired) electrons. The third-order valence-electron chi connectivity index (χ3n) is 3.62. The molecule has 1 unspecified atom stereocenters. The molecular weight excluding hydrogens is 276 g/mol. The van der Waals surface area contributed by atoms with Gasteiger partial charge in [0.1, 0.15) is 5.92 Å². The van der Waals surface area contributed by atoms with Crippen LogP contribution in [0.4, 0.5) is 0 Å². The van der Waals surface area contributed by atoms with Gasteiger partial charge in [-0.15, -0.1) is 0 Å². The van der Waals surface area contributed by atoms with Gasteiger partial charge in [0.2, 0.25) is 0 Å². The highest BCUT2D eigenvalue weighted by atomic mass is 16.5. The van der Waals surface area contributed by atoms with Crippen molar-refractivity contribution in [2.75, 3.05) is 6.61 Å². The van der Waals surface area contributed by atoms with Gasteiger partial charge >= 0.3 is 5.97 Å². The number of benzene rings is 2. The first-order valence-electron chi connectivity index (χ1n) is 7.37. The van der Waals surface area contributed by atoms with Crippen LogP contribution in [-0.4, -0.2) is 18.4 Å². The summed E-state index contributed by atoms with van der Waals surface area (Å²) in [5.74, 6) is -1.64. The lowest BCUT2D eigenvalue weighted by Gasteiger charge is -2.17. The minimum atomic E-state index is -0.913. The lowest BCUT2D eigenvalue weighted by Crippen LogP contribution is -2.25. The summed E-state index contributed by atoms with van der Waals surface area (Å²) in [4.78, 5) is 25.2. The highest BCUT2D eigenvalue weighted by molar-refractivity contribution is 6.13. The Hall–Kier alpha value is -2.42. The number of hydrogen-bond acceptors (Lipinski definition) is 3. The van der Waals surface area contributed by atoms with Gasteiger partial charge in [0.25, 0.3) is 0 Å². The fraction of sp³-hybridized carbons (Fsp3) is 0.263. The van der Waals surface area contributed by atoms with Gasteiger partial charge in [-0.1, -0.05) is 54.1 Å². The Bertz CT molecular complexity index is 671. The Labute approximate surface area is 130 Å². The largest absolute Gasteiger partial charge is 0.465 e. The second-order valence-electron chi connectivity index (χ2n) is 5.27. The van der Waals surface area contributed by atoms with Crippen LogP contribution in [0.5, 0.6) is 0 Å². The summed E-state index contributed by atoms with van der Waals surface area (Å²) in [5.41, 5.74) is 3.19. The van der Waals surface area contributed by atoms with E-state index in [1.54, 1.807) is 19.1 Å². The number of aryl methyl sites for hydroxylation is 2. The van der Waals surface area contributed by atoms with Crippen molar-refractivity contribution in [1.82, 2.24) is 0 Å². The number of ketones is 1. The molecule has 0 saturated carbocycles. The van der Waals surface area contributed by atoms with Gasteiger partial charge in [-0.05, 0) is 31.9 Å². The third-order valence-corrected chi connectivity index (χ3v) is 3.62. The zero-order valence-corrected chi connectivity index (χ0v) is 13.1. The molecule has 2 aromatic rings. The van der Waals surface area contributed by atoms with Crippen LogP contribution in [0.15, 0.2) is 48.5 Å². The fourth-order valence-corrected chi connectivity index (χ4v) is 2.40. The zero-order chi connectivity index (χ0) is 16.1. The van der Waals surface area contributed by atoms with E-state index in [0.717, 1.165) is 11.1 Å². The molecule has 0 heterocycles. The summed E-state index contributed by atoms with van der Waals surface area (Å²) in [6.45, 7) is 5.84. The summed E-state index contributed by atoms with van der Waals surface area (Å²) in [5, 5.41) is 0. The normalized spacial score (nSPS) is 11.8. The Morgan fingerprint density at radius 2 is 1.64 bits per heavy atom. The van der Waals surface area contributed by atoms with Crippen LogP contribution in [-0.2, 0) is 9.53 Å². The van der Waals surface area contributed by atoms with Gasteiger partial charge in [-0.3, -0.25) is 9.59 Å². The average molecular weight is 296 g/mol. The van der Waals surface area contributed by atoms with Gasteiger partial charge in [-0.2, -0.15) is 0 Å². The van der Waals surface area contributed by atoms with Crippen molar-refractivity contribution in [1.29, 1.82) is 0 Å². The maximum absolute atomic E-state index is 12.8. The monoisotopic (exact) mass is 296 g/mol. The average Bonchev–Trinajstić information content (AvgIpc) is 2.50. The van der Waals surface area contributed by atoms with Crippen molar-refractivity contribution in [2.45, 2.75) is 26.7 Å². The lowest BCUT2D eigenvalue weighted by atomic mass is 9.88. The van der Waals surface area contributed by atoms with Crippen molar-refractivity contribution >= 4 is 11.8 Å². The quantitative estimate of drug-likeness (QED) is 0.478. The number of rotatable bonds is 5. The smallest absolute Gasteiger partial charge is 0.321 e. The molecular formula is C19H20O3. The molecule has 0 aromatic heterocycles. The first kappa shape index (κ1) is 16.0. The number of Topliss-reactive ketones (excluding diaryl/α,β-unsaturated/α-hetero) is 1. The predicted molar refractivity (Wildman–Crippen MR) is 86.1 cm³/mol. The van der Waals surface area contributed by atoms with Gasteiger partial charge in [0.05, 0.1) is 6.61 Å². The van der Waals surface area contributed by atoms with E-state index in [1.807, 2.05) is 50.2 Å². The van der Waals surface area contributed by atoms with Crippen molar-refractivity contribution < 1.29 is 14.3 Å². The molecule has 0 N–H and O–H groups in total. The molecule has 0 aliphatic carbocycles. The number of ether oxygens (including phenoxy) is 1. The Morgan fingerprint density at radius 1 is 1.00 bits per heavy atom. The second kappa shape index (κ2) is 7.03. The molecule has 2 rings (SSSR count). The summed E-state index contributed by atoms with van der Waals surface area (Å²) in [6, 6.07) is 14.7. The number of esters is 1. The van der Waals surface area contributed by atoms with Gasteiger partial charge in [0.15, 0.2) is 5.78 Å². The van der Waals surface area contributed by atoms with Crippen LogP contribution in [0.25, 0.3) is 0 Å². The van der Waals surface area contributed by atoms with E-state index in [1.165, 1.54) is 0 Å². The van der Waals surface area contributed by atoms with Gasteiger partial charge < -0.3 is 4.74 Å². The van der Waals surface area contributed by atoms with E-state index in [2.05, 4.69) is 0 Å². The van der Waals surface area contributed by atoms with Crippen LogP contribution in [0, 0.1) is 13.8 Å². The van der Waals surface area contributed by atoms with Crippen molar-refractivity contribution in [3.05, 3.63) is 70.8 Å². The molecule has 0 aliphatic heterocycles. The van der Waals surface area contributed by atoms with Crippen LogP contribution in [0.3, 0.4) is 0 Å². The highest BCUT2D eigenvalue weighted by Crippen LogP contribution is 2.25. The molecule has 2 aromatic carbocycles. The minimum Gasteiger partial charge on any atom is -0.465 e. The van der Waals surface area contributed by atoms with Crippen LogP contribution < -0.4 is 0 Å². The summed E-state index contributed by atoms with van der Waals surface area (Å²) < 4.78 is 5.12. The van der Waals surface area contributed by atoms with E-state index in [0.29, 0.717) is 11.1 Å². The Kier molecular flexibility index (Phi) is 5.10. The van der Waals surface area contributed by atoms with E-state index in [-0.39, 0.29) is 12.4 Å². The van der Waals surface area contributed by atoms with Crippen molar-refractivity contribution in [3.8, 4) is 0 Å². The van der Waals surface area contributed by atoms with Crippen LogP contribution >= 0.6 is 0 Å². The van der Waals surface area contributed by atoms with Gasteiger partial charge in [0, 0.05) is 5.56 Å². The van der Waals surface area contributed by atoms with Crippen LogP contribution in [0.1, 0.15) is 39.9 Å².